The van der Waals surface area contributed by atoms with Crippen LogP contribution in [0.25, 0.3) is 0 Å². The van der Waals surface area contributed by atoms with Crippen LogP contribution >= 0.6 is 0 Å². The van der Waals surface area contributed by atoms with Crippen LogP contribution in [0.2, 0.25) is 0 Å². The van der Waals surface area contributed by atoms with Crippen molar-refractivity contribution in [2.45, 2.75) is 25.7 Å². The maximum absolute atomic E-state index is 13.6. The fraction of sp³-hybridized carbons (Fsp3) is 0.250. The standard InChI is InChI=1S/C20H18F2N2O3/c21-16-3-1-2-13(19(16)22)6-9-17(25)23-15-7-4-12(5-8-15)10-14-11-18(26)24-20(14)27/h1-5,7-8,14H,6,9-11H2,(H,23,25)(H,24,26,27). The molecular formula is C20H18F2N2O3. The van der Waals surface area contributed by atoms with Crippen LogP contribution in [0.5, 0.6) is 0 Å². The van der Waals surface area contributed by atoms with Crippen LogP contribution in [0, 0.1) is 17.6 Å². The van der Waals surface area contributed by atoms with Crippen LogP contribution in [0.3, 0.4) is 0 Å². The summed E-state index contributed by atoms with van der Waals surface area (Å²) in [6.45, 7) is 0. The summed E-state index contributed by atoms with van der Waals surface area (Å²) in [4.78, 5) is 34.8. The number of nitrogens with one attached hydrogen (secondary N) is 2. The molecule has 1 saturated heterocycles. The fourth-order valence-corrected chi connectivity index (χ4v) is 2.99. The van der Waals surface area contributed by atoms with E-state index in [1.807, 2.05) is 0 Å². The summed E-state index contributed by atoms with van der Waals surface area (Å²) < 4.78 is 26.7. The number of hydrogen-bond acceptors (Lipinski definition) is 3. The number of aryl methyl sites for hydroxylation is 1. The number of halogens is 2. The Bertz CT molecular complexity index is 881. The number of carbonyl (C=O) groups is 3. The summed E-state index contributed by atoms with van der Waals surface area (Å²) in [6, 6.07) is 10.8. The molecule has 0 bridgehead atoms. The molecule has 3 rings (SSSR count). The Morgan fingerprint density at radius 1 is 1.11 bits per heavy atom. The first kappa shape index (κ1) is 18.7. The van der Waals surface area contributed by atoms with Crippen molar-refractivity contribution in [3.63, 3.8) is 0 Å². The molecule has 2 N–H and O–H groups in total. The van der Waals surface area contributed by atoms with Gasteiger partial charge >= 0.3 is 0 Å². The highest BCUT2D eigenvalue weighted by atomic mass is 19.2. The lowest BCUT2D eigenvalue weighted by Crippen LogP contribution is -2.22. The number of imide groups is 1. The molecular weight excluding hydrogens is 354 g/mol. The van der Waals surface area contributed by atoms with Crippen molar-refractivity contribution in [2.75, 3.05) is 5.32 Å². The van der Waals surface area contributed by atoms with Crippen molar-refractivity contribution in [3.8, 4) is 0 Å². The van der Waals surface area contributed by atoms with Crippen molar-refractivity contribution in [3.05, 3.63) is 65.2 Å². The minimum atomic E-state index is -0.929. The summed E-state index contributed by atoms with van der Waals surface area (Å²) in [7, 11) is 0. The first-order chi connectivity index (χ1) is 12.9. The predicted octanol–water partition coefficient (Wildman–Crippen LogP) is 2.74. The van der Waals surface area contributed by atoms with E-state index in [2.05, 4.69) is 10.6 Å². The van der Waals surface area contributed by atoms with Crippen LogP contribution in [0.1, 0.15) is 24.0 Å². The number of anilines is 1. The molecule has 2 aromatic rings. The summed E-state index contributed by atoms with van der Waals surface area (Å²) in [5.41, 5.74) is 1.60. The zero-order chi connectivity index (χ0) is 19.4. The van der Waals surface area contributed by atoms with Gasteiger partial charge in [0, 0.05) is 18.5 Å². The number of rotatable bonds is 6. The van der Waals surface area contributed by atoms with E-state index >= 15 is 0 Å². The van der Waals surface area contributed by atoms with Crippen LogP contribution < -0.4 is 10.6 Å². The van der Waals surface area contributed by atoms with E-state index in [0.29, 0.717) is 12.1 Å². The SMILES string of the molecule is O=C1CC(Cc2ccc(NC(=O)CCc3cccc(F)c3F)cc2)C(=O)N1. The second-order valence-corrected chi connectivity index (χ2v) is 6.48. The maximum atomic E-state index is 13.6. The van der Waals surface area contributed by atoms with E-state index in [0.717, 1.165) is 11.6 Å². The van der Waals surface area contributed by atoms with E-state index in [1.54, 1.807) is 24.3 Å². The Kier molecular flexibility index (Phi) is 5.59. The molecule has 1 aliphatic rings. The van der Waals surface area contributed by atoms with Crippen molar-refractivity contribution >= 4 is 23.4 Å². The average Bonchev–Trinajstić information content (AvgIpc) is 2.95. The number of benzene rings is 2. The number of hydrogen-bond donors (Lipinski definition) is 2. The lowest BCUT2D eigenvalue weighted by Gasteiger charge is -2.09. The maximum Gasteiger partial charge on any atom is 0.230 e. The van der Waals surface area contributed by atoms with Gasteiger partial charge in [-0.2, -0.15) is 0 Å². The van der Waals surface area contributed by atoms with Gasteiger partial charge in [0.05, 0.1) is 5.92 Å². The van der Waals surface area contributed by atoms with E-state index in [9.17, 15) is 23.2 Å². The molecule has 1 fully saturated rings. The normalized spacial score (nSPS) is 16.3. The van der Waals surface area contributed by atoms with Crippen molar-refractivity contribution < 1.29 is 23.2 Å². The number of carbonyl (C=O) groups excluding carboxylic acids is 3. The van der Waals surface area contributed by atoms with Crippen molar-refractivity contribution in [2.24, 2.45) is 5.92 Å². The third kappa shape index (κ3) is 4.75. The van der Waals surface area contributed by atoms with Gasteiger partial charge < -0.3 is 5.32 Å². The minimum Gasteiger partial charge on any atom is -0.326 e. The molecule has 0 aliphatic carbocycles. The molecule has 140 valence electrons. The van der Waals surface area contributed by atoms with Crippen LogP contribution in [0.15, 0.2) is 42.5 Å². The number of amides is 3. The molecule has 0 saturated carbocycles. The summed E-state index contributed by atoms with van der Waals surface area (Å²) in [5, 5.41) is 4.97. The van der Waals surface area contributed by atoms with Crippen molar-refractivity contribution in [1.29, 1.82) is 0 Å². The van der Waals surface area contributed by atoms with Gasteiger partial charge in [0.2, 0.25) is 17.7 Å². The lowest BCUT2D eigenvalue weighted by molar-refractivity contribution is -0.125. The summed E-state index contributed by atoms with van der Waals surface area (Å²) in [6.07, 6.45) is 0.753. The molecule has 1 atom stereocenters. The van der Waals surface area contributed by atoms with E-state index < -0.39 is 11.6 Å². The first-order valence-electron chi connectivity index (χ1n) is 8.58. The van der Waals surface area contributed by atoms with Crippen LogP contribution in [-0.4, -0.2) is 17.7 Å². The Hall–Kier alpha value is -3.09. The van der Waals surface area contributed by atoms with Gasteiger partial charge in [-0.25, -0.2) is 8.78 Å². The Balaban J connectivity index is 1.52. The highest BCUT2D eigenvalue weighted by Crippen LogP contribution is 2.19. The Morgan fingerprint density at radius 2 is 1.85 bits per heavy atom. The molecule has 1 heterocycles. The minimum absolute atomic E-state index is 0.0203. The molecule has 0 radical (unpaired) electrons. The molecule has 0 aromatic heterocycles. The second-order valence-electron chi connectivity index (χ2n) is 6.48. The Morgan fingerprint density at radius 3 is 2.52 bits per heavy atom. The quantitative estimate of drug-likeness (QED) is 0.766. The summed E-state index contributed by atoms with van der Waals surface area (Å²) >= 11 is 0. The zero-order valence-corrected chi connectivity index (χ0v) is 14.4. The fourth-order valence-electron chi connectivity index (χ4n) is 2.99. The van der Waals surface area contributed by atoms with Crippen molar-refractivity contribution in [1.82, 2.24) is 5.32 Å². The summed E-state index contributed by atoms with van der Waals surface area (Å²) in [5.74, 6) is -3.05. The van der Waals surface area contributed by atoms with E-state index in [4.69, 9.17) is 0 Å². The smallest absolute Gasteiger partial charge is 0.230 e. The van der Waals surface area contributed by atoms with E-state index in [-0.39, 0.29) is 48.5 Å². The molecule has 1 unspecified atom stereocenters. The first-order valence-corrected chi connectivity index (χ1v) is 8.58. The average molecular weight is 372 g/mol. The topological polar surface area (TPSA) is 75.3 Å². The molecule has 2 aromatic carbocycles. The van der Waals surface area contributed by atoms with Crippen LogP contribution in [-0.2, 0) is 27.2 Å². The van der Waals surface area contributed by atoms with Gasteiger partial charge in [-0.05, 0) is 42.2 Å². The third-order valence-corrected chi connectivity index (χ3v) is 4.44. The van der Waals surface area contributed by atoms with Gasteiger partial charge in [-0.15, -0.1) is 0 Å². The monoisotopic (exact) mass is 372 g/mol. The van der Waals surface area contributed by atoms with Gasteiger partial charge in [0.15, 0.2) is 11.6 Å². The van der Waals surface area contributed by atoms with Crippen LogP contribution in [0.4, 0.5) is 14.5 Å². The van der Waals surface area contributed by atoms with Gasteiger partial charge in [0.1, 0.15) is 0 Å². The zero-order valence-electron chi connectivity index (χ0n) is 14.4. The largest absolute Gasteiger partial charge is 0.326 e. The Labute approximate surface area is 154 Å². The second kappa shape index (κ2) is 8.07. The molecule has 0 spiro atoms. The van der Waals surface area contributed by atoms with Gasteiger partial charge in [-0.1, -0.05) is 24.3 Å². The molecule has 1 aliphatic heterocycles. The molecule has 7 heteroatoms. The third-order valence-electron chi connectivity index (χ3n) is 4.44. The molecule has 3 amide bonds. The lowest BCUT2D eigenvalue weighted by atomic mass is 9.98. The highest BCUT2D eigenvalue weighted by Gasteiger charge is 2.30. The van der Waals surface area contributed by atoms with Gasteiger partial charge in [-0.3, -0.25) is 19.7 Å². The molecule has 5 nitrogen and oxygen atoms in total. The van der Waals surface area contributed by atoms with Gasteiger partial charge in [0.25, 0.3) is 0 Å². The highest BCUT2D eigenvalue weighted by molar-refractivity contribution is 6.03. The van der Waals surface area contributed by atoms with E-state index in [1.165, 1.54) is 12.1 Å². The predicted molar refractivity (Wildman–Crippen MR) is 94.7 cm³/mol. The molecule has 27 heavy (non-hydrogen) atoms.